The number of ether oxygens (including phenoxy) is 1. The Morgan fingerprint density at radius 1 is 1.21 bits per heavy atom. The van der Waals surface area contributed by atoms with Gasteiger partial charge in [-0.2, -0.15) is 0 Å². The molecule has 0 amide bonds. The average molecular weight is 390 g/mol. The van der Waals surface area contributed by atoms with E-state index in [-0.39, 0.29) is 6.10 Å². The summed E-state index contributed by atoms with van der Waals surface area (Å²) < 4.78 is 7.53. The van der Waals surface area contributed by atoms with E-state index in [4.69, 9.17) is 4.74 Å². The minimum atomic E-state index is 0.172. The summed E-state index contributed by atoms with van der Waals surface area (Å²) in [6.07, 6.45) is 7.08. The van der Waals surface area contributed by atoms with E-state index in [1.54, 1.807) is 0 Å². The van der Waals surface area contributed by atoms with Crippen LogP contribution in [0.15, 0.2) is 28.7 Å². The molecule has 1 aromatic rings. The van der Waals surface area contributed by atoms with Crippen LogP contribution >= 0.6 is 31.9 Å². The van der Waals surface area contributed by atoms with E-state index >= 15 is 0 Å². The first kappa shape index (κ1) is 15.5. The first-order valence-corrected chi connectivity index (χ1v) is 9.13. The fourth-order valence-corrected chi connectivity index (χ4v) is 3.70. The van der Waals surface area contributed by atoms with Crippen LogP contribution in [0.4, 0.5) is 0 Å². The quantitative estimate of drug-likeness (QED) is 0.572. The van der Waals surface area contributed by atoms with E-state index in [2.05, 4.69) is 63.0 Å². The number of alkyl halides is 1. The summed E-state index contributed by atoms with van der Waals surface area (Å²) in [6.45, 7) is 2.29. The molecule has 1 nitrogen and oxygen atoms in total. The lowest BCUT2D eigenvalue weighted by atomic mass is 9.84. The van der Waals surface area contributed by atoms with Gasteiger partial charge in [-0.05, 0) is 36.5 Å². The minimum absolute atomic E-state index is 0.172. The summed E-state index contributed by atoms with van der Waals surface area (Å²) in [5, 5.41) is 0.863. The maximum absolute atomic E-state index is 6.41. The topological polar surface area (TPSA) is 9.23 Å². The highest BCUT2D eigenvalue weighted by Crippen LogP contribution is 2.33. The van der Waals surface area contributed by atoms with Gasteiger partial charge in [0, 0.05) is 9.80 Å². The molecular formula is C16H22Br2O. The van der Waals surface area contributed by atoms with E-state index in [9.17, 15) is 0 Å². The minimum Gasteiger partial charge on any atom is -0.369 e. The predicted octanol–water partition coefficient (Wildman–Crippen LogP) is 5.87. The van der Waals surface area contributed by atoms with E-state index in [1.165, 1.54) is 37.7 Å². The molecule has 0 saturated heterocycles. The van der Waals surface area contributed by atoms with Crippen LogP contribution in [0.2, 0.25) is 0 Å². The zero-order valence-corrected chi connectivity index (χ0v) is 14.6. The molecule has 1 aliphatic rings. The third-order valence-electron chi connectivity index (χ3n) is 4.08. The van der Waals surface area contributed by atoms with Gasteiger partial charge in [0.1, 0.15) is 0 Å². The first-order chi connectivity index (χ1) is 9.24. The molecule has 19 heavy (non-hydrogen) atoms. The Kier molecular flexibility index (Phi) is 6.37. The molecular weight excluding hydrogens is 368 g/mol. The van der Waals surface area contributed by atoms with Gasteiger partial charge in [-0.25, -0.2) is 0 Å². The van der Waals surface area contributed by atoms with Gasteiger partial charge in [0.15, 0.2) is 0 Å². The van der Waals surface area contributed by atoms with E-state index < -0.39 is 0 Å². The average Bonchev–Trinajstić information content (AvgIpc) is 2.46. The second-order valence-electron chi connectivity index (χ2n) is 5.32. The van der Waals surface area contributed by atoms with Gasteiger partial charge in [-0.15, -0.1) is 0 Å². The fourth-order valence-electron chi connectivity index (χ4n) is 2.91. The van der Waals surface area contributed by atoms with Crippen molar-refractivity contribution in [2.75, 3.05) is 5.33 Å². The number of halogens is 2. The van der Waals surface area contributed by atoms with E-state index in [0.717, 1.165) is 15.7 Å². The van der Waals surface area contributed by atoms with Crippen molar-refractivity contribution in [2.45, 2.75) is 51.2 Å². The van der Waals surface area contributed by atoms with Crippen LogP contribution in [0.5, 0.6) is 0 Å². The number of hydrogen-bond donors (Lipinski definition) is 0. The number of rotatable bonds is 5. The third-order valence-corrected chi connectivity index (χ3v) is 5.20. The summed E-state index contributed by atoms with van der Waals surface area (Å²) in [5.74, 6) is 0.741. The normalized spacial score (nSPS) is 25.2. The van der Waals surface area contributed by atoms with Crippen molar-refractivity contribution in [3.8, 4) is 0 Å². The molecule has 3 atom stereocenters. The molecule has 0 aliphatic heterocycles. The highest BCUT2D eigenvalue weighted by Gasteiger charge is 2.27. The monoisotopic (exact) mass is 388 g/mol. The zero-order valence-electron chi connectivity index (χ0n) is 11.4. The van der Waals surface area contributed by atoms with Crippen LogP contribution in [-0.4, -0.2) is 11.4 Å². The van der Waals surface area contributed by atoms with E-state index in [0.29, 0.717) is 6.10 Å². The lowest BCUT2D eigenvalue weighted by Gasteiger charge is -2.33. The molecule has 0 aromatic heterocycles. The summed E-state index contributed by atoms with van der Waals surface area (Å²) in [7, 11) is 0. The lowest BCUT2D eigenvalue weighted by molar-refractivity contribution is -0.0524. The van der Waals surface area contributed by atoms with Crippen LogP contribution in [0, 0.1) is 5.92 Å². The SMILES string of the molecule is CCC1CCCCC1OC(CBr)c1ccc(Br)cc1. The molecule has 1 fully saturated rings. The molecule has 0 heterocycles. The van der Waals surface area contributed by atoms with Crippen molar-refractivity contribution in [1.82, 2.24) is 0 Å². The predicted molar refractivity (Wildman–Crippen MR) is 87.8 cm³/mol. The van der Waals surface area contributed by atoms with Crippen molar-refractivity contribution in [3.05, 3.63) is 34.3 Å². The second-order valence-corrected chi connectivity index (χ2v) is 6.88. The van der Waals surface area contributed by atoms with Gasteiger partial charge in [0.2, 0.25) is 0 Å². The number of benzene rings is 1. The molecule has 0 bridgehead atoms. The van der Waals surface area contributed by atoms with Crippen LogP contribution in [0.3, 0.4) is 0 Å². The van der Waals surface area contributed by atoms with E-state index in [1.807, 2.05) is 0 Å². The summed E-state index contributed by atoms with van der Waals surface area (Å²) >= 11 is 7.09. The van der Waals surface area contributed by atoms with Crippen LogP contribution < -0.4 is 0 Å². The van der Waals surface area contributed by atoms with Gasteiger partial charge in [-0.3, -0.25) is 0 Å². The summed E-state index contributed by atoms with van der Waals surface area (Å²) in [5.41, 5.74) is 1.26. The maximum atomic E-state index is 6.41. The summed E-state index contributed by atoms with van der Waals surface area (Å²) in [4.78, 5) is 0. The molecule has 2 rings (SSSR count). The molecule has 0 radical (unpaired) electrons. The zero-order chi connectivity index (χ0) is 13.7. The van der Waals surface area contributed by atoms with Crippen molar-refractivity contribution in [1.29, 1.82) is 0 Å². The second kappa shape index (κ2) is 7.80. The summed E-state index contributed by atoms with van der Waals surface area (Å²) in [6, 6.07) is 8.48. The van der Waals surface area contributed by atoms with Crippen LogP contribution in [0.25, 0.3) is 0 Å². The Labute approximate surface area is 133 Å². The molecule has 0 N–H and O–H groups in total. The maximum Gasteiger partial charge on any atom is 0.0925 e. The standard InChI is InChI=1S/C16H22Br2O/c1-2-12-5-3-4-6-15(12)19-16(11-17)13-7-9-14(18)10-8-13/h7-10,12,15-16H,2-6,11H2,1H3. The van der Waals surface area contributed by atoms with Gasteiger partial charge >= 0.3 is 0 Å². The smallest absolute Gasteiger partial charge is 0.0925 e. The molecule has 1 saturated carbocycles. The van der Waals surface area contributed by atoms with Gasteiger partial charge in [0.25, 0.3) is 0 Å². The largest absolute Gasteiger partial charge is 0.369 e. The first-order valence-electron chi connectivity index (χ1n) is 7.21. The van der Waals surface area contributed by atoms with Crippen molar-refractivity contribution < 1.29 is 4.74 Å². The van der Waals surface area contributed by atoms with Crippen LogP contribution in [0.1, 0.15) is 50.7 Å². The molecule has 1 aliphatic carbocycles. The Morgan fingerprint density at radius 3 is 2.53 bits per heavy atom. The molecule has 106 valence electrons. The van der Waals surface area contributed by atoms with Gasteiger partial charge < -0.3 is 4.74 Å². The van der Waals surface area contributed by atoms with Crippen molar-refractivity contribution >= 4 is 31.9 Å². The van der Waals surface area contributed by atoms with Crippen molar-refractivity contribution in [2.24, 2.45) is 5.92 Å². The molecule has 3 heteroatoms. The Bertz CT molecular complexity index is 377. The lowest BCUT2D eigenvalue weighted by Crippen LogP contribution is -2.29. The Morgan fingerprint density at radius 2 is 1.89 bits per heavy atom. The van der Waals surface area contributed by atoms with Crippen molar-refractivity contribution in [3.63, 3.8) is 0 Å². The molecule has 0 spiro atoms. The number of hydrogen-bond acceptors (Lipinski definition) is 1. The highest BCUT2D eigenvalue weighted by molar-refractivity contribution is 9.10. The Hall–Kier alpha value is 0.140. The molecule has 1 aromatic carbocycles. The van der Waals surface area contributed by atoms with Crippen LogP contribution in [-0.2, 0) is 4.74 Å². The third kappa shape index (κ3) is 4.30. The fraction of sp³-hybridized carbons (Fsp3) is 0.625. The van der Waals surface area contributed by atoms with Gasteiger partial charge in [-0.1, -0.05) is 70.2 Å². The Balaban J connectivity index is 2.03. The highest BCUT2D eigenvalue weighted by atomic mass is 79.9. The van der Waals surface area contributed by atoms with Gasteiger partial charge in [0.05, 0.1) is 12.2 Å². The molecule has 3 unspecified atom stereocenters.